The quantitative estimate of drug-likeness (QED) is 0.0904. The maximum Gasteiger partial charge on any atom is 0.340 e. The molecule has 0 unspecified atom stereocenters. The predicted molar refractivity (Wildman–Crippen MR) is 179 cm³/mol. The summed E-state index contributed by atoms with van der Waals surface area (Å²) in [6.45, 7) is 5.45. The number of carbonyl (C=O) groups is 4. The summed E-state index contributed by atoms with van der Waals surface area (Å²) in [7, 11) is -2.25. The lowest BCUT2D eigenvalue weighted by atomic mass is 9.94. The summed E-state index contributed by atoms with van der Waals surface area (Å²) in [5.74, 6) is -0.0322. The Kier molecular flexibility index (Phi) is 10.5. The van der Waals surface area contributed by atoms with Crippen LogP contribution in [0.4, 0.5) is 0 Å². The van der Waals surface area contributed by atoms with Crippen molar-refractivity contribution in [3.8, 4) is 11.5 Å². The van der Waals surface area contributed by atoms with Crippen LogP contribution in [0, 0.1) is 11.5 Å². The summed E-state index contributed by atoms with van der Waals surface area (Å²) in [6, 6.07) is 32.8. The molecule has 244 valence electrons. The molecule has 1 saturated heterocycles. The third-order valence-corrected chi connectivity index (χ3v) is 8.04. The Morgan fingerprint density at radius 1 is 0.625 bits per heavy atom. The van der Waals surface area contributed by atoms with Gasteiger partial charge in [0.25, 0.3) is 11.9 Å². The van der Waals surface area contributed by atoms with Crippen LogP contribution in [-0.4, -0.2) is 62.7 Å². The van der Waals surface area contributed by atoms with Crippen LogP contribution in [0.25, 0.3) is 0 Å². The summed E-state index contributed by atoms with van der Waals surface area (Å²) in [5.41, 5.74) is 1.87. The first-order valence-corrected chi connectivity index (χ1v) is 18.8. The van der Waals surface area contributed by atoms with Gasteiger partial charge in [0.1, 0.15) is 20.8 Å². The second-order valence-electron chi connectivity index (χ2n) is 12.0. The third kappa shape index (κ3) is 8.25. The molecule has 1 aliphatic heterocycles. The van der Waals surface area contributed by atoms with E-state index in [1.807, 2.05) is 19.6 Å². The summed E-state index contributed by atoms with van der Waals surface area (Å²) in [4.78, 5) is 53.9. The molecular formula is C38H34O9Si. The molecule has 1 fully saturated rings. The number of esters is 4. The first-order valence-electron chi connectivity index (χ1n) is 15.3. The van der Waals surface area contributed by atoms with Crippen LogP contribution in [0.1, 0.15) is 41.4 Å². The van der Waals surface area contributed by atoms with Gasteiger partial charge in [-0.25, -0.2) is 19.2 Å². The Bertz CT molecular complexity index is 1800. The Morgan fingerprint density at radius 3 is 1.50 bits per heavy atom. The number of benzene rings is 4. The molecule has 48 heavy (non-hydrogen) atoms. The van der Waals surface area contributed by atoms with Crippen molar-refractivity contribution in [3.63, 3.8) is 0 Å². The maximum atomic E-state index is 13.8. The van der Waals surface area contributed by atoms with Crippen LogP contribution in [0.15, 0.2) is 121 Å². The lowest BCUT2D eigenvalue weighted by molar-refractivity contribution is -0.161. The topological polar surface area (TPSA) is 114 Å². The van der Waals surface area contributed by atoms with Crippen LogP contribution >= 0.6 is 0 Å². The molecule has 0 N–H and O–H groups in total. The maximum absolute atomic E-state index is 13.8. The van der Waals surface area contributed by atoms with Crippen molar-refractivity contribution >= 4 is 32.0 Å². The minimum atomic E-state index is -2.25. The lowest BCUT2D eigenvalue weighted by Gasteiger charge is -2.33. The molecule has 0 saturated carbocycles. The van der Waals surface area contributed by atoms with Crippen LogP contribution in [0.5, 0.6) is 0 Å². The molecule has 1 heterocycles. The van der Waals surface area contributed by atoms with E-state index in [1.165, 1.54) is 0 Å². The van der Waals surface area contributed by atoms with E-state index in [4.69, 9.17) is 23.7 Å². The zero-order valence-electron chi connectivity index (χ0n) is 26.7. The minimum absolute atomic E-state index is 0.173. The fourth-order valence-electron chi connectivity index (χ4n) is 4.79. The van der Waals surface area contributed by atoms with Crippen molar-refractivity contribution in [2.24, 2.45) is 0 Å². The minimum Gasteiger partial charge on any atom is -0.459 e. The van der Waals surface area contributed by atoms with Crippen LogP contribution in [0.3, 0.4) is 0 Å². The molecule has 0 amide bonds. The number of ether oxygens (including phenoxy) is 5. The van der Waals surface area contributed by atoms with Crippen LogP contribution in [0.2, 0.25) is 19.6 Å². The van der Waals surface area contributed by atoms with Crippen molar-refractivity contribution in [3.05, 3.63) is 144 Å². The molecule has 5 rings (SSSR count). The molecule has 10 heteroatoms. The average Bonchev–Trinajstić information content (AvgIpc) is 3.38. The standard InChI is InChI=1S/C38H34O9Si/c1-48(2,3)25-24-38(47-36(42)30-22-14-7-15-23-30)32(45-34(40)28-18-10-5-11-19-28)31(26-43-33(39)27-16-8-4-9-17-27)44-37(38)46-35(41)29-20-12-6-13-21-29/h4-23,31-32,37H,26H2,1-3H3/t31-,32-,37+,38-/m1/s1. The first kappa shape index (κ1) is 33.8. The number of hydrogen-bond acceptors (Lipinski definition) is 9. The van der Waals surface area contributed by atoms with E-state index in [-0.39, 0.29) is 22.3 Å². The highest BCUT2D eigenvalue weighted by Gasteiger charge is 2.64. The van der Waals surface area contributed by atoms with E-state index in [2.05, 4.69) is 11.5 Å². The molecule has 0 bridgehead atoms. The van der Waals surface area contributed by atoms with Gasteiger partial charge in [0.15, 0.2) is 6.10 Å². The van der Waals surface area contributed by atoms with Gasteiger partial charge in [-0.15, -0.1) is 5.54 Å². The molecule has 0 radical (unpaired) electrons. The van der Waals surface area contributed by atoms with Crippen molar-refractivity contribution in [1.29, 1.82) is 0 Å². The van der Waals surface area contributed by atoms with Gasteiger partial charge in [0.2, 0.25) is 0 Å². The average molecular weight is 663 g/mol. The zero-order chi connectivity index (χ0) is 34.1. The number of hydrogen-bond donors (Lipinski definition) is 0. The van der Waals surface area contributed by atoms with Gasteiger partial charge in [-0.1, -0.05) is 98.4 Å². The van der Waals surface area contributed by atoms with Crippen LogP contribution in [-0.2, 0) is 23.7 Å². The molecule has 4 aromatic carbocycles. The van der Waals surface area contributed by atoms with Gasteiger partial charge >= 0.3 is 23.9 Å². The summed E-state index contributed by atoms with van der Waals surface area (Å²) in [5, 5.41) is 0. The monoisotopic (exact) mass is 662 g/mol. The Balaban J connectivity index is 1.62. The summed E-state index contributed by atoms with van der Waals surface area (Å²) < 4.78 is 30.0. The smallest absolute Gasteiger partial charge is 0.340 e. The van der Waals surface area contributed by atoms with Gasteiger partial charge in [-0.2, -0.15) is 0 Å². The van der Waals surface area contributed by atoms with E-state index >= 15 is 0 Å². The Labute approximate surface area is 279 Å². The summed E-state index contributed by atoms with van der Waals surface area (Å²) in [6.07, 6.45) is -4.49. The highest BCUT2D eigenvalue weighted by Crippen LogP contribution is 2.39. The molecule has 0 spiro atoms. The molecule has 0 aromatic heterocycles. The predicted octanol–water partition coefficient (Wildman–Crippen LogP) is 6.13. The Hall–Kier alpha value is -5.50. The van der Waals surface area contributed by atoms with E-state index in [0.29, 0.717) is 0 Å². The Morgan fingerprint density at radius 2 is 1.04 bits per heavy atom. The van der Waals surface area contributed by atoms with Crippen molar-refractivity contribution < 1.29 is 42.9 Å². The van der Waals surface area contributed by atoms with E-state index < -0.39 is 62.7 Å². The van der Waals surface area contributed by atoms with E-state index in [0.717, 1.165) is 0 Å². The lowest BCUT2D eigenvalue weighted by Crippen LogP contribution is -2.54. The van der Waals surface area contributed by atoms with Crippen molar-refractivity contribution in [2.45, 2.75) is 43.7 Å². The molecule has 0 aliphatic carbocycles. The van der Waals surface area contributed by atoms with E-state index in [9.17, 15) is 19.2 Å². The fourth-order valence-corrected chi connectivity index (χ4v) is 5.36. The SMILES string of the molecule is C[Si](C)(C)C#C[C@]1(OC(=O)c2ccccc2)[C@H](OC(=O)c2ccccc2)O[C@H](COC(=O)c2ccccc2)[C@H]1OC(=O)c1ccccc1. The molecule has 4 aromatic rings. The molecular weight excluding hydrogens is 628 g/mol. The van der Waals surface area contributed by atoms with Gasteiger partial charge in [0, 0.05) is 0 Å². The van der Waals surface area contributed by atoms with E-state index in [1.54, 1.807) is 121 Å². The highest BCUT2D eigenvalue weighted by atomic mass is 28.3. The molecule has 4 atom stereocenters. The van der Waals surface area contributed by atoms with Gasteiger partial charge in [0.05, 0.1) is 22.3 Å². The largest absolute Gasteiger partial charge is 0.459 e. The molecule has 9 nitrogen and oxygen atoms in total. The first-order chi connectivity index (χ1) is 23.1. The van der Waals surface area contributed by atoms with Gasteiger partial charge < -0.3 is 23.7 Å². The van der Waals surface area contributed by atoms with Crippen molar-refractivity contribution in [2.75, 3.05) is 6.61 Å². The second kappa shape index (κ2) is 14.9. The van der Waals surface area contributed by atoms with Crippen LogP contribution < -0.4 is 0 Å². The normalized spacial score (nSPS) is 20.0. The number of rotatable bonds is 9. The second-order valence-corrected chi connectivity index (χ2v) is 16.7. The highest BCUT2D eigenvalue weighted by molar-refractivity contribution is 6.83. The summed E-state index contributed by atoms with van der Waals surface area (Å²) >= 11 is 0. The number of carbonyl (C=O) groups excluding carboxylic acids is 4. The zero-order valence-corrected chi connectivity index (χ0v) is 27.7. The van der Waals surface area contributed by atoms with Gasteiger partial charge in [-0.3, -0.25) is 0 Å². The fraction of sp³-hybridized carbons (Fsp3) is 0.211. The third-order valence-electron chi connectivity index (χ3n) is 7.17. The van der Waals surface area contributed by atoms with Gasteiger partial charge in [-0.05, 0) is 48.5 Å². The molecule has 1 aliphatic rings. The van der Waals surface area contributed by atoms with Crippen molar-refractivity contribution in [1.82, 2.24) is 0 Å².